The van der Waals surface area contributed by atoms with E-state index in [0.29, 0.717) is 18.6 Å². The van der Waals surface area contributed by atoms with E-state index in [1.54, 1.807) is 5.57 Å². The Labute approximate surface area is 147 Å². The van der Waals surface area contributed by atoms with Crippen LogP contribution in [0.15, 0.2) is 24.3 Å². The molecule has 0 aromatic rings. The van der Waals surface area contributed by atoms with Gasteiger partial charge in [-0.1, -0.05) is 38.5 Å². The van der Waals surface area contributed by atoms with Gasteiger partial charge >= 0.3 is 0 Å². The predicted molar refractivity (Wildman–Crippen MR) is 97.6 cm³/mol. The topological polar surface area (TPSA) is 30.9 Å². The summed E-state index contributed by atoms with van der Waals surface area (Å²) < 4.78 is 12.4. The van der Waals surface area contributed by atoms with Gasteiger partial charge in [-0.05, 0) is 31.6 Å². The molecule has 1 aliphatic carbocycles. The summed E-state index contributed by atoms with van der Waals surface area (Å²) in [5.74, 6) is -0.382. The maximum Gasteiger partial charge on any atom is 0.172 e. The highest BCUT2D eigenvalue weighted by molar-refractivity contribution is 5.17. The number of hydrogen-bond acceptors (Lipinski definition) is 4. The SMILES string of the molecule is C=CCN(CCC1COC2(CC=C(C(C)(C)CC)CC2)O1)OCC. The highest BCUT2D eigenvalue weighted by atomic mass is 16.7. The normalized spacial score (nSPS) is 27.7. The third-order valence-corrected chi connectivity index (χ3v) is 5.45. The fourth-order valence-corrected chi connectivity index (χ4v) is 3.47. The molecule has 2 unspecified atom stereocenters. The highest BCUT2D eigenvalue weighted by Gasteiger charge is 2.43. The van der Waals surface area contributed by atoms with Crippen molar-refractivity contribution in [2.75, 3.05) is 26.3 Å². The van der Waals surface area contributed by atoms with Gasteiger partial charge in [-0.25, -0.2) is 0 Å². The summed E-state index contributed by atoms with van der Waals surface area (Å²) in [6, 6.07) is 0. The summed E-state index contributed by atoms with van der Waals surface area (Å²) in [5, 5.41) is 1.95. The number of allylic oxidation sites excluding steroid dienone is 1. The van der Waals surface area contributed by atoms with Crippen LogP contribution in [0.5, 0.6) is 0 Å². The van der Waals surface area contributed by atoms with E-state index in [1.165, 1.54) is 6.42 Å². The van der Waals surface area contributed by atoms with Crippen molar-refractivity contribution >= 4 is 0 Å². The van der Waals surface area contributed by atoms with Crippen LogP contribution in [0.3, 0.4) is 0 Å². The van der Waals surface area contributed by atoms with Crippen molar-refractivity contribution in [1.29, 1.82) is 0 Å². The van der Waals surface area contributed by atoms with Crippen LogP contribution in [-0.4, -0.2) is 43.3 Å². The molecule has 2 rings (SSSR count). The number of rotatable bonds is 9. The lowest BCUT2D eigenvalue weighted by molar-refractivity contribution is -0.180. The van der Waals surface area contributed by atoms with E-state index in [4.69, 9.17) is 14.3 Å². The molecular weight excluding hydrogens is 302 g/mol. The first-order valence-electron chi connectivity index (χ1n) is 9.44. The van der Waals surface area contributed by atoms with Crippen molar-refractivity contribution in [2.24, 2.45) is 5.41 Å². The van der Waals surface area contributed by atoms with Crippen LogP contribution in [0.4, 0.5) is 0 Å². The van der Waals surface area contributed by atoms with Crippen molar-refractivity contribution < 1.29 is 14.3 Å². The van der Waals surface area contributed by atoms with E-state index in [1.807, 2.05) is 18.1 Å². The van der Waals surface area contributed by atoms with Crippen LogP contribution in [0.1, 0.15) is 59.8 Å². The summed E-state index contributed by atoms with van der Waals surface area (Å²) in [6.45, 7) is 15.7. The molecule has 1 fully saturated rings. The van der Waals surface area contributed by atoms with Gasteiger partial charge in [0.1, 0.15) is 0 Å². The molecule has 24 heavy (non-hydrogen) atoms. The second-order valence-corrected chi connectivity index (χ2v) is 7.52. The number of nitrogens with zero attached hydrogens (tertiary/aromatic N) is 1. The molecule has 4 nitrogen and oxygen atoms in total. The molecule has 2 atom stereocenters. The average Bonchev–Trinajstić information content (AvgIpc) is 2.96. The van der Waals surface area contributed by atoms with Crippen molar-refractivity contribution in [3.8, 4) is 0 Å². The molecule has 4 heteroatoms. The summed E-state index contributed by atoms with van der Waals surface area (Å²) in [7, 11) is 0. The molecule has 138 valence electrons. The van der Waals surface area contributed by atoms with Crippen molar-refractivity contribution in [3.63, 3.8) is 0 Å². The molecule has 0 aromatic carbocycles. The molecular formula is C20H35NO3. The highest BCUT2D eigenvalue weighted by Crippen LogP contribution is 2.43. The first-order valence-corrected chi connectivity index (χ1v) is 9.44. The number of hydrogen-bond donors (Lipinski definition) is 0. The molecule has 1 aliphatic heterocycles. The molecule has 0 N–H and O–H groups in total. The van der Waals surface area contributed by atoms with Crippen molar-refractivity contribution in [3.05, 3.63) is 24.3 Å². The lowest BCUT2D eigenvalue weighted by atomic mass is 9.75. The minimum atomic E-state index is -0.382. The minimum absolute atomic E-state index is 0.159. The van der Waals surface area contributed by atoms with E-state index in [2.05, 4.69) is 33.4 Å². The van der Waals surface area contributed by atoms with Crippen molar-refractivity contribution in [2.45, 2.75) is 71.7 Å². The largest absolute Gasteiger partial charge is 0.347 e. The summed E-state index contributed by atoms with van der Waals surface area (Å²) >= 11 is 0. The fourth-order valence-electron chi connectivity index (χ4n) is 3.47. The predicted octanol–water partition coefficient (Wildman–Crippen LogP) is 4.47. The van der Waals surface area contributed by atoms with Gasteiger partial charge in [0.25, 0.3) is 0 Å². The van der Waals surface area contributed by atoms with Crippen molar-refractivity contribution in [1.82, 2.24) is 5.06 Å². The Morgan fingerprint density at radius 1 is 1.46 bits per heavy atom. The van der Waals surface area contributed by atoms with Gasteiger partial charge in [-0.3, -0.25) is 4.84 Å². The van der Waals surface area contributed by atoms with E-state index in [0.717, 1.165) is 38.8 Å². The fraction of sp³-hybridized carbons (Fsp3) is 0.800. The molecule has 1 spiro atoms. The zero-order chi connectivity index (χ0) is 17.6. The van der Waals surface area contributed by atoms with Crippen LogP contribution < -0.4 is 0 Å². The minimum Gasteiger partial charge on any atom is -0.347 e. The lowest BCUT2D eigenvalue weighted by Crippen LogP contribution is -2.35. The molecule has 0 aromatic heterocycles. The first-order chi connectivity index (χ1) is 11.4. The second kappa shape index (κ2) is 8.61. The standard InChI is InChI=1S/C20H35NO3/c1-6-14-21(23-8-3)15-11-18-16-22-20(24-18)12-9-17(10-13-20)19(4,5)7-2/h6,9,18H,1,7-8,10-16H2,2-5H3. The Bertz CT molecular complexity index is 446. The number of ether oxygens (including phenoxy) is 2. The third-order valence-electron chi connectivity index (χ3n) is 5.45. The molecule has 1 heterocycles. The molecule has 2 aliphatic rings. The van der Waals surface area contributed by atoms with Gasteiger partial charge in [-0.15, -0.1) is 6.58 Å². The Balaban J connectivity index is 1.84. The third kappa shape index (κ3) is 4.92. The smallest absolute Gasteiger partial charge is 0.172 e. The van der Waals surface area contributed by atoms with Crippen LogP contribution in [-0.2, 0) is 14.3 Å². The zero-order valence-electron chi connectivity index (χ0n) is 16.0. The van der Waals surface area contributed by atoms with Gasteiger partial charge < -0.3 is 9.47 Å². The first kappa shape index (κ1) is 19.6. The Kier molecular flexibility index (Phi) is 7.05. The zero-order valence-corrected chi connectivity index (χ0v) is 16.0. The van der Waals surface area contributed by atoms with Gasteiger partial charge in [0.05, 0.1) is 19.3 Å². The van der Waals surface area contributed by atoms with Crippen LogP contribution >= 0.6 is 0 Å². The van der Waals surface area contributed by atoms with Crippen LogP contribution in [0.2, 0.25) is 0 Å². The van der Waals surface area contributed by atoms with Gasteiger partial charge in [0, 0.05) is 25.9 Å². The lowest BCUT2D eigenvalue weighted by Gasteiger charge is -2.36. The maximum absolute atomic E-state index is 6.32. The molecule has 0 saturated carbocycles. The maximum atomic E-state index is 6.32. The van der Waals surface area contributed by atoms with E-state index >= 15 is 0 Å². The number of hydroxylamine groups is 2. The monoisotopic (exact) mass is 337 g/mol. The molecule has 0 amide bonds. The van der Waals surface area contributed by atoms with E-state index in [9.17, 15) is 0 Å². The Hall–Kier alpha value is -0.680. The molecule has 0 radical (unpaired) electrons. The Morgan fingerprint density at radius 3 is 2.83 bits per heavy atom. The Morgan fingerprint density at radius 2 is 2.25 bits per heavy atom. The van der Waals surface area contributed by atoms with Gasteiger partial charge in [0.2, 0.25) is 0 Å². The van der Waals surface area contributed by atoms with Gasteiger partial charge in [0.15, 0.2) is 5.79 Å². The average molecular weight is 338 g/mol. The quantitative estimate of drug-likeness (QED) is 0.459. The summed E-state index contributed by atoms with van der Waals surface area (Å²) in [5.41, 5.74) is 1.85. The molecule has 1 saturated heterocycles. The van der Waals surface area contributed by atoms with Crippen LogP contribution in [0, 0.1) is 5.41 Å². The summed E-state index contributed by atoms with van der Waals surface area (Å²) in [4.78, 5) is 5.60. The van der Waals surface area contributed by atoms with Crippen LogP contribution in [0.25, 0.3) is 0 Å². The van der Waals surface area contributed by atoms with Gasteiger partial charge in [-0.2, -0.15) is 5.06 Å². The van der Waals surface area contributed by atoms with E-state index in [-0.39, 0.29) is 11.9 Å². The second-order valence-electron chi connectivity index (χ2n) is 7.52. The molecule has 0 bridgehead atoms. The summed E-state index contributed by atoms with van der Waals surface area (Å²) in [6.07, 6.45) is 9.41. The van der Waals surface area contributed by atoms with E-state index < -0.39 is 0 Å².